The fourth-order valence-electron chi connectivity index (χ4n) is 1.36. The number of nitrogens with one attached hydrogen (secondary N) is 2. The molecule has 1 aromatic rings. The standard InChI is InChI=1S/C11H19ClN4OS/c1-3-16-8-9(12)10(15-16)7-14-11(18)13-5-4-6-17-2/h8H,3-7H2,1-2H3,(H2,13,14,18). The third kappa shape index (κ3) is 5.20. The summed E-state index contributed by atoms with van der Waals surface area (Å²) < 4.78 is 6.75. The fourth-order valence-corrected chi connectivity index (χ4v) is 1.76. The summed E-state index contributed by atoms with van der Waals surface area (Å²) in [6, 6.07) is 0. The Kier molecular flexibility index (Phi) is 7.00. The maximum atomic E-state index is 6.05. The number of aryl methyl sites for hydroxylation is 1. The Bertz CT molecular complexity index is 383. The molecular formula is C11H19ClN4OS. The van der Waals surface area contributed by atoms with Crippen LogP contribution in [0.3, 0.4) is 0 Å². The van der Waals surface area contributed by atoms with Crippen molar-refractivity contribution >= 4 is 28.9 Å². The van der Waals surface area contributed by atoms with Crippen LogP contribution < -0.4 is 10.6 Å². The molecule has 0 saturated heterocycles. The number of hydrogen-bond acceptors (Lipinski definition) is 3. The molecule has 0 spiro atoms. The molecule has 1 rings (SSSR count). The summed E-state index contributed by atoms with van der Waals surface area (Å²) in [5, 5.41) is 11.8. The van der Waals surface area contributed by atoms with Crippen LogP contribution in [0.15, 0.2) is 6.20 Å². The molecule has 18 heavy (non-hydrogen) atoms. The zero-order chi connectivity index (χ0) is 13.4. The largest absolute Gasteiger partial charge is 0.385 e. The van der Waals surface area contributed by atoms with Crippen LogP contribution in [0.4, 0.5) is 0 Å². The summed E-state index contributed by atoms with van der Waals surface area (Å²) in [4.78, 5) is 0. The maximum Gasteiger partial charge on any atom is 0.166 e. The van der Waals surface area contributed by atoms with Crippen LogP contribution in [-0.4, -0.2) is 35.2 Å². The van der Waals surface area contributed by atoms with E-state index in [2.05, 4.69) is 15.7 Å². The predicted molar refractivity (Wildman–Crippen MR) is 76.8 cm³/mol. The molecule has 0 amide bonds. The highest BCUT2D eigenvalue weighted by Crippen LogP contribution is 2.13. The zero-order valence-electron chi connectivity index (χ0n) is 10.7. The van der Waals surface area contributed by atoms with Gasteiger partial charge in [0.2, 0.25) is 0 Å². The van der Waals surface area contributed by atoms with Crippen molar-refractivity contribution in [3.05, 3.63) is 16.9 Å². The lowest BCUT2D eigenvalue weighted by atomic mass is 10.4. The average Bonchev–Trinajstić information content (AvgIpc) is 2.73. The predicted octanol–water partition coefficient (Wildman–Crippen LogP) is 1.56. The second kappa shape index (κ2) is 8.29. The molecule has 5 nitrogen and oxygen atoms in total. The van der Waals surface area contributed by atoms with Gasteiger partial charge in [-0.1, -0.05) is 11.6 Å². The normalized spacial score (nSPS) is 10.4. The van der Waals surface area contributed by atoms with Crippen LogP contribution in [0.5, 0.6) is 0 Å². The molecule has 0 aliphatic carbocycles. The van der Waals surface area contributed by atoms with Gasteiger partial charge in [0, 0.05) is 33.0 Å². The van der Waals surface area contributed by atoms with Crippen molar-refractivity contribution in [2.75, 3.05) is 20.3 Å². The second-order valence-electron chi connectivity index (χ2n) is 3.74. The van der Waals surface area contributed by atoms with Crippen molar-refractivity contribution in [1.82, 2.24) is 20.4 Å². The number of rotatable bonds is 7. The number of ether oxygens (including phenoxy) is 1. The minimum absolute atomic E-state index is 0.530. The Balaban J connectivity index is 2.26. The van der Waals surface area contributed by atoms with Gasteiger partial charge in [0.15, 0.2) is 5.11 Å². The van der Waals surface area contributed by atoms with Crippen molar-refractivity contribution < 1.29 is 4.74 Å². The average molecular weight is 291 g/mol. The van der Waals surface area contributed by atoms with Gasteiger partial charge in [-0.15, -0.1) is 0 Å². The fraction of sp³-hybridized carbons (Fsp3) is 0.636. The molecule has 0 aliphatic heterocycles. The quantitative estimate of drug-likeness (QED) is 0.590. The SMILES string of the molecule is CCn1cc(Cl)c(CNC(=S)NCCCOC)n1. The van der Waals surface area contributed by atoms with Crippen LogP contribution >= 0.6 is 23.8 Å². The molecule has 0 unspecified atom stereocenters. The van der Waals surface area contributed by atoms with Crippen molar-refractivity contribution in [1.29, 1.82) is 0 Å². The van der Waals surface area contributed by atoms with Crippen molar-refractivity contribution in [3.63, 3.8) is 0 Å². The van der Waals surface area contributed by atoms with Gasteiger partial charge in [0.05, 0.1) is 11.6 Å². The number of nitrogens with zero attached hydrogens (tertiary/aromatic N) is 2. The summed E-state index contributed by atoms with van der Waals surface area (Å²) in [6.07, 6.45) is 2.73. The Morgan fingerprint density at radius 1 is 1.56 bits per heavy atom. The van der Waals surface area contributed by atoms with Gasteiger partial charge in [-0.05, 0) is 25.6 Å². The molecule has 1 aromatic heterocycles. The van der Waals surface area contributed by atoms with Crippen LogP contribution in [0.1, 0.15) is 19.0 Å². The molecule has 0 radical (unpaired) electrons. The first kappa shape index (κ1) is 15.2. The van der Waals surface area contributed by atoms with E-state index in [0.29, 0.717) is 16.7 Å². The van der Waals surface area contributed by atoms with Gasteiger partial charge >= 0.3 is 0 Å². The van der Waals surface area contributed by atoms with Crippen LogP contribution in [0.25, 0.3) is 0 Å². The first-order chi connectivity index (χ1) is 8.67. The summed E-state index contributed by atoms with van der Waals surface area (Å²) >= 11 is 11.2. The number of aromatic nitrogens is 2. The third-order valence-corrected chi connectivity index (χ3v) is 2.94. The van der Waals surface area contributed by atoms with E-state index in [-0.39, 0.29) is 0 Å². The third-order valence-electron chi connectivity index (χ3n) is 2.34. The van der Waals surface area contributed by atoms with E-state index in [9.17, 15) is 0 Å². The lowest BCUT2D eigenvalue weighted by Gasteiger charge is -2.09. The number of methoxy groups -OCH3 is 1. The van der Waals surface area contributed by atoms with Gasteiger partial charge in [-0.2, -0.15) is 5.10 Å². The Morgan fingerprint density at radius 3 is 2.94 bits per heavy atom. The van der Waals surface area contributed by atoms with Crippen LogP contribution in [0, 0.1) is 0 Å². The summed E-state index contributed by atoms with van der Waals surface area (Å²) in [6.45, 7) is 4.86. The summed E-state index contributed by atoms with van der Waals surface area (Å²) in [5.74, 6) is 0. The van der Waals surface area contributed by atoms with Gasteiger partial charge in [-0.3, -0.25) is 4.68 Å². The van der Waals surface area contributed by atoms with Gasteiger partial charge in [0.25, 0.3) is 0 Å². The highest BCUT2D eigenvalue weighted by molar-refractivity contribution is 7.80. The minimum Gasteiger partial charge on any atom is -0.385 e. The van der Waals surface area contributed by atoms with Crippen molar-refractivity contribution in [2.24, 2.45) is 0 Å². The molecule has 0 saturated carbocycles. The van der Waals surface area contributed by atoms with Gasteiger partial charge in [-0.25, -0.2) is 0 Å². The molecular weight excluding hydrogens is 272 g/mol. The van der Waals surface area contributed by atoms with E-state index in [4.69, 9.17) is 28.6 Å². The Hall–Kier alpha value is -0.850. The second-order valence-corrected chi connectivity index (χ2v) is 4.55. The molecule has 0 aromatic carbocycles. The Labute approximate surface area is 118 Å². The minimum atomic E-state index is 0.530. The van der Waals surface area contributed by atoms with E-state index in [1.165, 1.54) is 0 Å². The van der Waals surface area contributed by atoms with Crippen LogP contribution in [0.2, 0.25) is 5.02 Å². The van der Waals surface area contributed by atoms with Crippen molar-refractivity contribution in [3.8, 4) is 0 Å². The van der Waals surface area contributed by atoms with E-state index in [0.717, 1.165) is 31.8 Å². The summed E-state index contributed by atoms with van der Waals surface area (Å²) in [7, 11) is 1.68. The lowest BCUT2D eigenvalue weighted by molar-refractivity contribution is 0.195. The molecule has 7 heteroatoms. The highest BCUT2D eigenvalue weighted by atomic mass is 35.5. The van der Waals surface area contributed by atoms with Gasteiger partial charge < -0.3 is 15.4 Å². The molecule has 0 bridgehead atoms. The monoisotopic (exact) mass is 290 g/mol. The smallest absolute Gasteiger partial charge is 0.166 e. The first-order valence-electron chi connectivity index (χ1n) is 5.89. The maximum absolute atomic E-state index is 6.05. The zero-order valence-corrected chi connectivity index (χ0v) is 12.3. The molecule has 0 fully saturated rings. The Morgan fingerprint density at radius 2 is 2.33 bits per heavy atom. The molecule has 0 atom stereocenters. The number of halogens is 1. The number of hydrogen-bond donors (Lipinski definition) is 2. The highest BCUT2D eigenvalue weighted by Gasteiger charge is 2.06. The molecule has 1 heterocycles. The van der Waals surface area contributed by atoms with E-state index in [1.54, 1.807) is 11.8 Å². The number of thiocarbonyl (C=S) groups is 1. The van der Waals surface area contributed by atoms with E-state index in [1.807, 2.05) is 13.1 Å². The van der Waals surface area contributed by atoms with E-state index < -0.39 is 0 Å². The topological polar surface area (TPSA) is 51.1 Å². The van der Waals surface area contributed by atoms with Gasteiger partial charge in [0.1, 0.15) is 5.69 Å². The van der Waals surface area contributed by atoms with Crippen LogP contribution in [-0.2, 0) is 17.8 Å². The first-order valence-corrected chi connectivity index (χ1v) is 6.68. The molecule has 0 aliphatic rings. The lowest BCUT2D eigenvalue weighted by Crippen LogP contribution is -2.35. The molecule has 102 valence electrons. The summed E-state index contributed by atoms with van der Waals surface area (Å²) in [5.41, 5.74) is 0.805. The molecule has 2 N–H and O–H groups in total. The van der Waals surface area contributed by atoms with E-state index >= 15 is 0 Å². The van der Waals surface area contributed by atoms with Crippen molar-refractivity contribution in [2.45, 2.75) is 26.4 Å².